The van der Waals surface area contributed by atoms with Crippen LogP contribution in [0.2, 0.25) is 0 Å². The SMILES string of the molecule is COCCn1cnnc1CN(C)C(=O)[C@H](O)C1CCCCC1. The van der Waals surface area contributed by atoms with Crippen molar-refractivity contribution in [2.45, 2.75) is 51.3 Å². The van der Waals surface area contributed by atoms with Crippen LogP contribution in [0.15, 0.2) is 6.33 Å². The van der Waals surface area contributed by atoms with Crippen molar-refractivity contribution in [2.75, 3.05) is 20.8 Å². The molecule has 0 bridgehead atoms. The lowest BCUT2D eigenvalue weighted by atomic mass is 9.85. The number of aliphatic hydroxyl groups excluding tert-OH is 1. The summed E-state index contributed by atoms with van der Waals surface area (Å²) in [6, 6.07) is 0. The van der Waals surface area contributed by atoms with Crippen LogP contribution in [0, 0.1) is 5.92 Å². The fourth-order valence-corrected chi connectivity index (χ4v) is 2.95. The third-order valence-corrected chi connectivity index (χ3v) is 4.34. The molecule has 2 rings (SSSR count). The Kier molecular flexibility index (Phi) is 6.33. The molecular formula is C15H26N4O3. The largest absolute Gasteiger partial charge is 0.383 e. The fraction of sp³-hybridized carbons (Fsp3) is 0.800. The van der Waals surface area contributed by atoms with Crippen molar-refractivity contribution in [3.05, 3.63) is 12.2 Å². The first-order chi connectivity index (χ1) is 10.6. The van der Waals surface area contributed by atoms with Gasteiger partial charge < -0.3 is 19.3 Å². The minimum atomic E-state index is -0.902. The summed E-state index contributed by atoms with van der Waals surface area (Å²) < 4.78 is 6.90. The summed E-state index contributed by atoms with van der Waals surface area (Å²) in [6.45, 7) is 1.55. The highest BCUT2D eigenvalue weighted by molar-refractivity contribution is 5.80. The molecule has 1 aromatic rings. The molecule has 1 aliphatic carbocycles. The predicted octanol–water partition coefficient (Wildman–Crippen LogP) is 0.824. The first-order valence-corrected chi connectivity index (χ1v) is 7.92. The summed E-state index contributed by atoms with van der Waals surface area (Å²) in [5.41, 5.74) is 0. The molecule has 0 aliphatic heterocycles. The summed E-state index contributed by atoms with van der Waals surface area (Å²) in [6.07, 6.45) is 6.00. The Morgan fingerprint density at radius 1 is 1.50 bits per heavy atom. The number of hydrogen-bond donors (Lipinski definition) is 1. The van der Waals surface area contributed by atoms with E-state index < -0.39 is 6.10 Å². The number of methoxy groups -OCH3 is 1. The van der Waals surface area contributed by atoms with Gasteiger partial charge in [0.2, 0.25) is 0 Å². The van der Waals surface area contributed by atoms with E-state index in [4.69, 9.17) is 4.74 Å². The monoisotopic (exact) mass is 310 g/mol. The van der Waals surface area contributed by atoms with Gasteiger partial charge in [-0.15, -0.1) is 10.2 Å². The van der Waals surface area contributed by atoms with Gasteiger partial charge >= 0.3 is 0 Å². The summed E-state index contributed by atoms with van der Waals surface area (Å²) >= 11 is 0. The number of rotatable bonds is 7. The van der Waals surface area contributed by atoms with E-state index in [0.29, 0.717) is 25.5 Å². The van der Waals surface area contributed by atoms with Crippen molar-refractivity contribution in [1.29, 1.82) is 0 Å². The van der Waals surface area contributed by atoms with Crippen LogP contribution >= 0.6 is 0 Å². The van der Waals surface area contributed by atoms with Crippen LogP contribution in [0.1, 0.15) is 37.9 Å². The van der Waals surface area contributed by atoms with E-state index in [1.807, 2.05) is 4.57 Å². The van der Waals surface area contributed by atoms with Gasteiger partial charge in [0.25, 0.3) is 5.91 Å². The minimum absolute atomic E-state index is 0.0926. The van der Waals surface area contributed by atoms with Crippen molar-refractivity contribution >= 4 is 5.91 Å². The molecule has 1 aromatic heterocycles. The van der Waals surface area contributed by atoms with Crippen molar-refractivity contribution in [2.24, 2.45) is 5.92 Å². The van der Waals surface area contributed by atoms with E-state index in [1.54, 1.807) is 20.5 Å². The Bertz CT molecular complexity index is 471. The van der Waals surface area contributed by atoms with Gasteiger partial charge in [-0.1, -0.05) is 19.3 Å². The molecule has 7 heteroatoms. The van der Waals surface area contributed by atoms with Gasteiger partial charge in [0, 0.05) is 20.7 Å². The average molecular weight is 310 g/mol. The van der Waals surface area contributed by atoms with Crippen LogP contribution in [-0.4, -0.2) is 57.5 Å². The lowest BCUT2D eigenvalue weighted by molar-refractivity contribution is -0.143. The molecule has 0 aromatic carbocycles. The van der Waals surface area contributed by atoms with Gasteiger partial charge in [0.15, 0.2) is 5.82 Å². The number of ether oxygens (including phenoxy) is 1. The standard InChI is InChI=1S/C15H26N4O3/c1-18(10-13-17-16-11-19(13)8-9-22-2)15(21)14(20)12-6-4-3-5-7-12/h11-12,14,20H,3-10H2,1-2H3/t14-/m1/s1. The number of nitrogens with zero attached hydrogens (tertiary/aromatic N) is 4. The lowest BCUT2D eigenvalue weighted by Crippen LogP contribution is -2.41. The van der Waals surface area contributed by atoms with Crippen LogP contribution in [0.5, 0.6) is 0 Å². The number of likely N-dealkylation sites (N-methyl/N-ethyl adjacent to an activating group) is 1. The van der Waals surface area contributed by atoms with Gasteiger partial charge in [-0.05, 0) is 18.8 Å². The molecule has 7 nitrogen and oxygen atoms in total. The molecule has 0 unspecified atom stereocenters. The summed E-state index contributed by atoms with van der Waals surface area (Å²) in [4.78, 5) is 13.9. The highest BCUT2D eigenvalue weighted by Crippen LogP contribution is 2.27. The van der Waals surface area contributed by atoms with E-state index in [0.717, 1.165) is 25.7 Å². The Labute approximate surface area is 131 Å². The maximum Gasteiger partial charge on any atom is 0.251 e. The maximum absolute atomic E-state index is 12.4. The van der Waals surface area contributed by atoms with E-state index in [1.165, 1.54) is 11.3 Å². The molecule has 1 aliphatic rings. The molecule has 22 heavy (non-hydrogen) atoms. The van der Waals surface area contributed by atoms with Gasteiger partial charge in [-0.25, -0.2) is 0 Å². The zero-order valence-electron chi connectivity index (χ0n) is 13.4. The van der Waals surface area contributed by atoms with Crippen LogP contribution in [-0.2, 0) is 22.6 Å². The zero-order chi connectivity index (χ0) is 15.9. The van der Waals surface area contributed by atoms with E-state index in [9.17, 15) is 9.90 Å². The molecule has 0 radical (unpaired) electrons. The smallest absolute Gasteiger partial charge is 0.251 e. The normalized spacial score (nSPS) is 17.4. The van der Waals surface area contributed by atoms with Gasteiger partial charge in [0.05, 0.1) is 13.2 Å². The second-order valence-corrected chi connectivity index (χ2v) is 5.97. The molecule has 1 atom stereocenters. The third kappa shape index (κ3) is 4.27. The number of aliphatic hydroxyl groups is 1. The van der Waals surface area contributed by atoms with Crippen LogP contribution in [0.25, 0.3) is 0 Å². The Hall–Kier alpha value is -1.47. The average Bonchev–Trinajstić information content (AvgIpc) is 2.99. The Morgan fingerprint density at radius 2 is 2.23 bits per heavy atom. The topological polar surface area (TPSA) is 80.5 Å². The zero-order valence-corrected chi connectivity index (χ0v) is 13.4. The van der Waals surface area contributed by atoms with E-state index in [-0.39, 0.29) is 11.8 Å². The molecule has 1 heterocycles. The number of carbonyl (C=O) groups is 1. The molecule has 1 fully saturated rings. The summed E-state index contributed by atoms with van der Waals surface area (Å²) in [5, 5.41) is 18.2. The lowest BCUT2D eigenvalue weighted by Gasteiger charge is -2.28. The summed E-state index contributed by atoms with van der Waals surface area (Å²) in [7, 11) is 3.34. The van der Waals surface area contributed by atoms with Crippen LogP contribution < -0.4 is 0 Å². The van der Waals surface area contributed by atoms with Gasteiger partial charge in [-0.2, -0.15) is 0 Å². The molecule has 124 valence electrons. The number of hydrogen-bond acceptors (Lipinski definition) is 5. The van der Waals surface area contributed by atoms with Crippen molar-refractivity contribution < 1.29 is 14.6 Å². The molecule has 0 saturated heterocycles. The van der Waals surface area contributed by atoms with Crippen LogP contribution in [0.3, 0.4) is 0 Å². The quantitative estimate of drug-likeness (QED) is 0.806. The highest BCUT2D eigenvalue weighted by atomic mass is 16.5. The Balaban J connectivity index is 1.91. The second kappa shape index (κ2) is 8.24. The number of carbonyl (C=O) groups excluding carboxylic acids is 1. The van der Waals surface area contributed by atoms with E-state index >= 15 is 0 Å². The molecule has 0 spiro atoms. The van der Waals surface area contributed by atoms with Gasteiger partial charge in [0.1, 0.15) is 12.4 Å². The highest BCUT2D eigenvalue weighted by Gasteiger charge is 2.30. The van der Waals surface area contributed by atoms with Crippen molar-refractivity contribution in [1.82, 2.24) is 19.7 Å². The fourth-order valence-electron chi connectivity index (χ4n) is 2.95. The van der Waals surface area contributed by atoms with Crippen LogP contribution in [0.4, 0.5) is 0 Å². The maximum atomic E-state index is 12.4. The van der Waals surface area contributed by atoms with Crippen molar-refractivity contribution in [3.63, 3.8) is 0 Å². The first kappa shape index (κ1) is 16.9. The third-order valence-electron chi connectivity index (χ3n) is 4.34. The molecule has 1 saturated carbocycles. The van der Waals surface area contributed by atoms with Gasteiger partial charge in [-0.3, -0.25) is 4.79 Å². The predicted molar refractivity (Wildman–Crippen MR) is 81.0 cm³/mol. The molecule has 1 amide bonds. The molecular weight excluding hydrogens is 284 g/mol. The minimum Gasteiger partial charge on any atom is -0.383 e. The van der Waals surface area contributed by atoms with E-state index in [2.05, 4.69) is 10.2 Å². The van der Waals surface area contributed by atoms with Crippen molar-refractivity contribution in [3.8, 4) is 0 Å². The molecule has 1 N–H and O–H groups in total. The number of aromatic nitrogens is 3. The first-order valence-electron chi connectivity index (χ1n) is 7.92. The second-order valence-electron chi connectivity index (χ2n) is 5.97. The summed E-state index contributed by atoms with van der Waals surface area (Å²) in [5.74, 6) is 0.562. The Morgan fingerprint density at radius 3 is 2.91 bits per heavy atom. The number of amides is 1.